The highest BCUT2D eigenvalue weighted by Gasteiger charge is 2.04. The van der Waals surface area contributed by atoms with Crippen LogP contribution in [-0.2, 0) is 4.79 Å². The molecule has 86 valence electrons. The Morgan fingerprint density at radius 3 is 2.59 bits per heavy atom. The number of hydrogen-bond acceptors (Lipinski definition) is 3. The second kappa shape index (κ2) is 4.70. The Kier molecular flexibility index (Phi) is 3.10. The van der Waals surface area contributed by atoms with Gasteiger partial charge in [0.25, 0.3) is 0 Å². The largest absolute Gasteiger partial charge is 0.427 e. The summed E-state index contributed by atoms with van der Waals surface area (Å²) in [5, 5.41) is 0. The first-order valence-electron chi connectivity index (χ1n) is 5.30. The van der Waals surface area contributed by atoms with Gasteiger partial charge in [-0.05, 0) is 23.8 Å². The van der Waals surface area contributed by atoms with Gasteiger partial charge in [0.1, 0.15) is 5.75 Å². The van der Waals surface area contributed by atoms with E-state index in [0.29, 0.717) is 11.4 Å². The number of esters is 1. The molecule has 0 aromatic heterocycles. The van der Waals surface area contributed by atoms with E-state index < -0.39 is 0 Å². The van der Waals surface area contributed by atoms with Crippen LogP contribution < -0.4 is 10.5 Å². The summed E-state index contributed by atoms with van der Waals surface area (Å²) in [4.78, 5) is 10.9. The summed E-state index contributed by atoms with van der Waals surface area (Å²) >= 11 is 0. The van der Waals surface area contributed by atoms with Crippen LogP contribution >= 0.6 is 0 Å². The van der Waals surface area contributed by atoms with Gasteiger partial charge in [-0.25, -0.2) is 0 Å². The highest BCUT2D eigenvalue weighted by molar-refractivity contribution is 5.77. The normalized spacial score (nSPS) is 9.94. The van der Waals surface area contributed by atoms with Gasteiger partial charge in [-0.2, -0.15) is 0 Å². The molecule has 0 bridgehead atoms. The van der Waals surface area contributed by atoms with E-state index in [1.165, 1.54) is 6.92 Å². The summed E-state index contributed by atoms with van der Waals surface area (Å²) in [6, 6.07) is 14.9. The van der Waals surface area contributed by atoms with E-state index in [0.717, 1.165) is 11.1 Å². The molecule has 17 heavy (non-hydrogen) atoms. The van der Waals surface area contributed by atoms with Crippen LogP contribution in [0.15, 0.2) is 48.5 Å². The summed E-state index contributed by atoms with van der Waals surface area (Å²) < 4.78 is 5.04. The van der Waals surface area contributed by atoms with E-state index in [4.69, 9.17) is 10.5 Å². The van der Waals surface area contributed by atoms with E-state index in [2.05, 4.69) is 0 Å². The smallest absolute Gasteiger partial charge is 0.308 e. The molecule has 0 atom stereocenters. The Balaban J connectivity index is 2.40. The Hall–Kier alpha value is -2.29. The maximum absolute atomic E-state index is 10.9. The van der Waals surface area contributed by atoms with E-state index in [9.17, 15) is 4.79 Å². The number of carbonyl (C=O) groups is 1. The Morgan fingerprint density at radius 2 is 1.88 bits per heavy atom. The number of para-hydroxylation sites is 1. The van der Waals surface area contributed by atoms with Crippen molar-refractivity contribution in [3.63, 3.8) is 0 Å². The molecule has 0 saturated heterocycles. The van der Waals surface area contributed by atoms with Crippen LogP contribution in [0.25, 0.3) is 11.1 Å². The van der Waals surface area contributed by atoms with E-state index >= 15 is 0 Å². The Bertz CT molecular complexity index is 549. The topological polar surface area (TPSA) is 52.3 Å². The van der Waals surface area contributed by atoms with Crippen molar-refractivity contribution < 1.29 is 9.53 Å². The lowest BCUT2D eigenvalue weighted by Gasteiger charge is -2.07. The van der Waals surface area contributed by atoms with Crippen LogP contribution in [0.3, 0.4) is 0 Å². The average molecular weight is 227 g/mol. The van der Waals surface area contributed by atoms with Crippen LogP contribution in [0.1, 0.15) is 6.92 Å². The van der Waals surface area contributed by atoms with Gasteiger partial charge < -0.3 is 10.5 Å². The van der Waals surface area contributed by atoms with Gasteiger partial charge in [0.05, 0.1) is 0 Å². The lowest BCUT2D eigenvalue weighted by atomic mass is 10.0. The molecule has 3 heteroatoms. The molecule has 2 aromatic rings. The molecule has 0 saturated carbocycles. The third-order valence-electron chi connectivity index (χ3n) is 2.37. The number of hydrogen-bond donors (Lipinski definition) is 1. The highest BCUT2D eigenvalue weighted by atomic mass is 16.5. The summed E-state index contributed by atoms with van der Waals surface area (Å²) in [6.45, 7) is 1.38. The van der Waals surface area contributed by atoms with Gasteiger partial charge in [-0.3, -0.25) is 4.79 Å². The molecule has 0 aliphatic carbocycles. The molecule has 3 nitrogen and oxygen atoms in total. The van der Waals surface area contributed by atoms with Crippen molar-refractivity contribution in [1.29, 1.82) is 0 Å². The minimum absolute atomic E-state index is 0.330. The van der Waals surface area contributed by atoms with Crippen LogP contribution in [0.5, 0.6) is 5.75 Å². The molecule has 0 amide bonds. The highest BCUT2D eigenvalue weighted by Crippen LogP contribution is 2.28. The van der Waals surface area contributed by atoms with Crippen LogP contribution in [-0.4, -0.2) is 5.97 Å². The number of carbonyl (C=O) groups excluding carboxylic acids is 1. The molecular formula is C14H13NO2. The van der Waals surface area contributed by atoms with Crippen LogP contribution in [0, 0.1) is 0 Å². The van der Waals surface area contributed by atoms with Crippen LogP contribution in [0.2, 0.25) is 0 Å². The fourth-order valence-corrected chi connectivity index (χ4v) is 1.65. The maximum Gasteiger partial charge on any atom is 0.308 e. The minimum Gasteiger partial charge on any atom is -0.427 e. The fourth-order valence-electron chi connectivity index (χ4n) is 1.65. The van der Waals surface area contributed by atoms with Crippen molar-refractivity contribution >= 4 is 11.7 Å². The Morgan fingerprint density at radius 1 is 1.12 bits per heavy atom. The van der Waals surface area contributed by atoms with Gasteiger partial charge in [0.15, 0.2) is 0 Å². The fraction of sp³-hybridized carbons (Fsp3) is 0.0714. The van der Waals surface area contributed by atoms with E-state index in [1.807, 2.05) is 36.4 Å². The minimum atomic E-state index is -0.330. The van der Waals surface area contributed by atoms with Gasteiger partial charge >= 0.3 is 5.97 Å². The lowest BCUT2D eigenvalue weighted by Crippen LogP contribution is -2.01. The molecule has 2 rings (SSSR count). The van der Waals surface area contributed by atoms with Gasteiger partial charge in [0.2, 0.25) is 0 Å². The summed E-state index contributed by atoms with van der Waals surface area (Å²) in [7, 11) is 0. The number of anilines is 1. The summed E-state index contributed by atoms with van der Waals surface area (Å²) in [5.41, 5.74) is 8.46. The first kappa shape index (κ1) is 11.2. The van der Waals surface area contributed by atoms with Crippen LogP contribution in [0.4, 0.5) is 5.69 Å². The number of nitrogens with two attached hydrogens (primary N) is 1. The quantitative estimate of drug-likeness (QED) is 0.487. The molecule has 0 aliphatic rings. The lowest BCUT2D eigenvalue weighted by molar-refractivity contribution is -0.131. The summed E-state index contributed by atoms with van der Waals surface area (Å²) in [5.74, 6) is 0.196. The van der Waals surface area contributed by atoms with Crippen molar-refractivity contribution in [2.45, 2.75) is 6.92 Å². The van der Waals surface area contributed by atoms with Crippen molar-refractivity contribution in [1.82, 2.24) is 0 Å². The monoisotopic (exact) mass is 227 g/mol. The van der Waals surface area contributed by atoms with Crippen molar-refractivity contribution in [3.8, 4) is 16.9 Å². The predicted octanol–water partition coefficient (Wildman–Crippen LogP) is 2.86. The number of benzene rings is 2. The van der Waals surface area contributed by atoms with Gasteiger partial charge in [0, 0.05) is 18.2 Å². The molecule has 0 spiro atoms. The zero-order valence-electron chi connectivity index (χ0n) is 9.51. The van der Waals surface area contributed by atoms with Gasteiger partial charge in [-0.1, -0.05) is 30.3 Å². The zero-order chi connectivity index (χ0) is 12.3. The Labute approximate surface area is 99.8 Å². The van der Waals surface area contributed by atoms with E-state index in [-0.39, 0.29) is 5.97 Å². The van der Waals surface area contributed by atoms with E-state index in [1.54, 1.807) is 12.1 Å². The first-order chi connectivity index (χ1) is 8.16. The molecule has 2 N–H and O–H groups in total. The third kappa shape index (κ3) is 2.64. The average Bonchev–Trinajstić information content (AvgIpc) is 2.29. The van der Waals surface area contributed by atoms with Gasteiger partial charge in [-0.15, -0.1) is 0 Å². The first-order valence-corrected chi connectivity index (χ1v) is 5.30. The number of ether oxygens (including phenoxy) is 1. The maximum atomic E-state index is 10.9. The molecule has 0 radical (unpaired) electrons. The molecule has 0 fully saturated rings. The number of nitrogen functional groups attached to an aromatic ring is 1. The zero-order valence-corrected chi connectivity index (χ0v) is 9.51. The molecule has 0 unspecified atom stereocenters. The second-order valence-corrected chi connectivity index (χ2v) is 3.71. The van der Waals surface area contributed by atoms with Crippen molar-refractivity contribution in [2.24, 2.45) is 0 Å². The molecule has 0 heterocycles. The molecule has 0 aliphatic heterocycles. The molecular weight excluding hydrogens is 214 g/mol. The second-order valence-electron chi connectivity index (χ2n) is 3.71. The SMILES string of the molecule is CC(=O)Oc1cccc(-c2ccccc2N)c1. The van der Waals surface area contributed by atoms with Crippen molar-refractivity contribution in [2.75, 3.05) is 5.73 Å². The van der Waals surface area contributed by atoms with Crippen molar-refractivity contribution in [3.05, 3.63) is 48.5 Å². The number of rotatable bonds is 2. The summed E-state index contributed by atoms with van der Waals surface area (Å²) in [6.07, 6.45) is 0. The third-order valence-corrected chi connectivity index (χ3v) is 2.37. The predicted molar refractivity (Wildman–Crippen MR) is 67.6 cm³/mol. The standard InChI is InChI=1S/C14H13NO2/c1-10(16)17-12-6-4-5-11(9-12)13-7-2-3-8-14(13)15/h2-9H,15H2,1H3. The molecule has 2 aromatic carbocycles.